The minimum Gasteiger partial charge on any atom is -0.465 e. The SMILES string of the molecule is COC(=O)c1cc(NC(=O)c2cc(S(C)(=O)=O)ccc2C)c(F)cc1F. The molecule has 138 valence electrons. The van der Waals surface area contributed by atoms with Crippen LogP contribution in [-0.2, 0) is 14.6 Å². The van der Waals surface area contributed by atoms with Gasteiger partial charge in [-0.25, -0.2) is 22.0 Å². The van der Waals surface area contributed by atoms with Gasteiger partial charge in [-0.15, -0.1) is 0 Å². The van der Waals surface area contributed by atoms with E-state index < -0.39 is 44.6 Å². The second kappa shape index (κ2) is 7.20. The van der Waals surface area contributed by atoms with Gasteiger partial charge >= 0.3 is 5.97 Å². The van der Waals surface area contributed by atoms with E-state index >= 15 is 0 Å². The van der Waals surface area contributed by atoms with Crippen LogP contribution in [0.4, 0.5) is 14.5 Å². The lowest BCUT2D eigenvalue weighted by Gasteiger charge is -2.11. The number of sulfone groups is 1. The summed E-state index contributed by atoms with van der Waals surface area (Å²) >= 11 is 0. The molecule has 2 rings (SSSR count). The molecule has 26 heavy (non-hydrogen) atoms. The number of benzene rings is 2. The fraction of sp³-hybridized carbons (Fsp3) is 0.176. The van der Waals surface area contributed by atoms with Crippen LogP contribution in [0.2, 0.25) is 0 Å². The van der Waals surface area contributed by atoms with E-state index in [1.165, 1.54) is 12.1 Å². The summed E-state index contributed by atoms with van der Waals surface area (Å²) in [7, 11) is -2.52. The van der Waals surface area contributed by atoms with Gasteiger partial charge in [-0.2, -0.15) is 0 Å². The van der Waals surface area contributed by atoms with E-state index in [2.05, 4.69) is 10.1 Å². The predicted octanol–water partition coefficient (Wildman–Crippen LogP) is 2.72. The number of aryl methyl sites for hydroxylation is 1. The Morgan fingerprint density at radius 2 is 1.69 bits per heavy atom. The van der Waals surface area contributed by atoms with Crippen LogP contribution in [0.15, 0.2) is 35.2 Å². The van der Waals surface area contributed by atoms with Gasteiger partial charge in [0.05, 0.1) is 23.3 Å². The molecule has 9 heteroatoms. The molecule has 0 bridgehead atoms. The quantitative estimate of drug-likeness (QED) is 0.820. The third kappa shape index (κ3) is 4.05. The first kappa shape index (κ1) is 19.5. The molecule has 0 spiro atoms. The molecule has 0 saturated heterocycles. The van der Waals surface area contributed by atoms with Crippen LogP contribution < -0.4 is 5.32 Å². The summed E-state index contributed by atoms with van der Waals surface area (Å²) in [6, 6.07) is 5.19. The number of rotatable bonds is 4. The van der Waals surface area contributed by atoms with Crippen molar-refractivity contribution >= 4 is 27.4 Å². The summed E-state index contributed by atoms with van der Waals surface area (Å²) < 4.78 is 55.3. The van der Waals surface area contributed by atoms with Crippen LogP contribution >= 0.6 is 0 Å². The van der Waals surface area contributed by atoms with Crippen LogP contribution in [0.1, 0.15) is 26.3 Å². The number of halogens is 2. The Morgan fingerprint density at radius 1 is 1.04 bits per heavy atom. The maximum Gasteiger partial charge on any atom is 0.340 e. The Morgan fingerprint density at radius 3 is 2.27 bits per heavy atom. The fourth-order valence-electron chi connectivity index (χ4n) is 2.18. The fourth-order valence-corrected chi connectivity index (χ4v) is 2.82. The van der Waals surface area contributed by atoms with Gasteiger partial charge in [0.1, 0.15) is 11.6 Å². The lowest BCUT2D eigenvalue weighted by atomic mass is 10.1. The van der Waals surface area contributed by atoms with Crippen molar-refractivity contribution in [1.29, 1.82) is 0 Å². The van der Waals surface area contributed by atoms with E-state index in [0.717, 1.165) is 25.5 Å². The average molecular weight is 383 g/mol. The maximum absolute atomic E-state index is 13.9. The predicted molar refractivity (Wildman–Crippen MR) is 89.9 cm³/mol. The highest BCUT2D eigenvalue weighted by Gasteiger charge is 2.20. The summed E-state index contributed by atoms with van der Waals surface area (Å²) in [6.07, 6.45) is 0.988. The van der Waals surface area contributed by atoms with Crippen molar-refractivity contribution in [2.45, 2.75) is 11.8 Å². The van der Waals surface area contributed by atoms with E-state index in [1.54, 1.807) is 6.92 Å². The molecule has 0 aliphatic heterocycles. The highest BCUT2D eigenvalue weighted by molar-refractivity contribution is 7.90. The molecular weight excluding hydrogens is 368 g/mol. The smallest absolute Gasteiger partial charge is 0.340 e. The molecule has 0 saturated carbocycles. The van der Waals surface area contributed by atoms with Crippen LogP contribution in [0.3, 0.4) is 0 Å². The number of hydrogen-bond acceptors (Lipinski definition) is 5. The van der Waals surface area contributed by atoms with Gasteiger partial charge in [-0.05, 0) is 30.7 Å². The highest BCUT2D eigenvalue weighted by Crippen LogP contribution is 2.22. The summed E-state index contributed by atoms with van der Waals surface area (Å²) in [6.45, 7) is 1.57. The van der Waals surface area contributed by atoms with Crippen molar-refractivity contribution in [3.8, 4) is 0 Å². The largest absolute Gasteiger partial charge is 0.465 e. The van der Waals surface area contributed by atoms with E-state index in [1.807, 2.05) is 0 Å². The number of carbonyl (C=O) groups is 2. The van der Waals surface area contributed by atoms with Crippen molar-refractivity contribution in [3.63, 3.8) is 0 Å². The number of hydrogen-bond donors (Lipinski definition) is 1. The van der Waals surface area contributed by atoms with Crippen molar-refractivity contribution in [2.24, 2.45) is 0 Å². The average Bonchev–Trinajstić information content (AvgIpc) is 2.55. The number of methoxy groups -OCH3 is 1. The van der Waals surface area contributed by atoms with Gasteiger partial charge in [0.15, 0.2) is 9.84 Å². The van der Waals surface area contributed by atoms with Crippen molar-refractivity contribution in [3.05, 3.63) is 58.7 Å². The van der Waals surface area contributed by atoms with Gasteiger partial charge in [0.25, 0.3) is 5.91 Å². The Balaban J connectivity index is 2.44. The standard InChI is InChI=1S/C17H15F2NO5S/c1-9-4-5-10(26(3,23)24)6-11(9)16(21)20-15-7-12(17(22)25-2)13(18)8-14(15)19/h4-8H,1-3H3,(H,20,21). The van der Waals surface area contributed by atoms with Gasteiger partial charge in [-0.1, -0.05) is 6.07 Å². The number of nitrogens with one attached hydrogen (secondary N) is 1. The molecule has 0 heterocycles. The summed E-state index contributed by atoms with van der Waals surface area (Å²) in [5.74, 6) is -4.08. The zero-order valence-electron chi connectivity index (χ0n) is 14.1. The second-order valence-electron chi connectivity index (χ2n) is 5.51. The van der Waals surface area contributed by atoms with Gasteiger partial charge in [0.2, 0.25) is 0 Å². The molecule has 2 aromatic carbocycles. The number of esters is 1. The molecule has 1 N–H and O–H groups in total. The molecule has 6 nitrogen and oxygen atoms in total. The number of carbonyl (C=O) groups excluding carboxylic acids is 2. The minimum atomic E-state index is -3.55. The Labute approximate surface area is 148 Å². The zero-order chi connectivity index (χ0) is 19.6. The van der Waals surface area contributed by atoms with Crippen molar-refractivity contribution < 1.29 is 31.5 Å². The zero-order valence-corrected chi connectivity index (χ0v) is 14.9. The first-order valence-electron chi connectivity index (χ1n) is 7.24. The Kier molecular flexibility index (Phi) is 5.41. The number of ether oxygens (including phenoxy) is 1. The van der Waals surface area contributed by atoms with E-state index in [-0.39, 0.29) is 10.5 Å². The first-order valence-corrected chi connectivity index (χ1v) is 9.13. The van der Waals surface area contributed by atoms with Crippen molar-refractivity contribution in [2.75, 3.05) is 18.7 Å². The van der Waals surface area contributed by atoms with Gasteiger partial charge in [0, 0.05) is 17.9 Å². The summed E-state index contributed by atoms with van der Waals surface area (Å²) in [5, 5.41) is 2.21. The van der Waals surface area contributed by atoms with E-state index in [9.17, 15) is 26.8 Å². The molecule has 0 unspecified atom stereocenters. The van der Waals surface area contributed by atoms with E-state index in [4.69, 9.17) is 0 Å². The second-order valence-corrected chi connectivity index (χ2v) is 7.52. The third-order valence-electron chi connectivity index (χ3n) is 3.59. The Bertz CT molecular complexity index is 1000. The molecule has 0 fully saturated rings. The van der Waals surface area contributed by atoms with Gasteiger partial charge in [-0.3, -0.25) is 4.79 Å². The summed E-state index contributed by atoms with van der Waals surface area (Å²) in [5.41, 5.74) is -0.548. The van der Waals surface area contributed by atoms with Crippen LogP contribution in [0.5, 0.6) is 0 Å². The normalized spacial score (nSPS) is 11.1. The van der Waals surface area contributed by atoms with Crippen LogP contribution in [0, 0.1) is 18.6 Å². The molecule has 0 aromatic heterocycles. The highest BCUT2D eigenvalue weighted by atomic mass is 32.2. The molecule has 2 aromatic rings. The molecule has 0 aliphatic carbocycles. The molecular formula is C17H15F2NO5S. The topological polar surface area (TPSA) is 89.5 Å². The lowest BCUT2D eigenvalue weighted by Crippen LogP contribution is -2.16. The van der Waals surface area contributed by atoms with Gasteiger partial charge < -0.3 is 10.1 Å². The number of anilines is 1. The molecule has 0 radical (unpaired) electrons. The number of amides is 1. The van der Waals surface area contributed by atoms with Crippen LogP contribution in [0.25, 0.3) is 0 Å². The Hall–Kier alpha value is -2.81. The third-order valence-corrected chi connectivity index (χ3v) is 4.70. The maximum atomic E-state index is 13.9. The summed E-state index contributed by atoms with van der Waals surface area (Å²) in [4.78, 5) is 23.8. The molecule has 1 amide bonds. The van der Waals surface area contributed by atoms with E-state index in [0.29, 0.717) is 11.6 Å². The van der Waals surface area contributed by atoms with Crippen molar-refractivity contribution in [1.82, 2.24) is 0 Å². The monoisotopic (exact) mass is 383 g/mol. The first-order chi connectivity index (χ1) is 12.0. The minimum absolute atomic E-state index is 0.00346. The molecule has 0 aliphatic rings. The lowest BCUT2D eigenvalue weighted by molar-refractivity contribution is 0.0595. The van der Waals surface area contributed by atoms with Crippen LogP contribution in [-0.4, -0.2) is 33.7 Å². The molecule has 0 atom stereocenters.